The van der Waals surface area contributed by atoms with Crippen LogP contribution in [0.1, 0.15) is 5.56 Å². The van der Waals surface area contributed by atoms with Gasteiger partial charge in [-0.25, -0.2) is 14.4 Å². The van der Waals surface area contributed by atoms with Gasteiger partial charge in [0.25, 0.3) is 0 Å². The Morgan fingerprint density at radius 2 is 1.77 bits per heavy atom. The molecule has 8 nitrogen and oxygen atoms in total. The summed E-state index contributed by atoms with van der Waals surface area (Å²) < 4.78 is 19.0. The van der Waals surface area contributed by atoms with Gasteiger partial charge in [0, 0.05) is 51.7 Å². The maximum absolute atomic E-state index is 13.1. The number of anilines is 1. The molecule has 2 saturated heterocycles. The number of rotatable bonds is 7. The molecule has 3 N–H and O–H groups in total. The molecule has 0 radical (unpaired) electrons. The number of ether oxygens (including phenoxy) is 1. The molecule has 2 aliphatic heterocycles. The predicted molar refractivity (Wildman–Crippen MR) is 109 cm³/mol. The molecular formula is C21H28FN5O3. The van der Waals surface area contributed by atoms with Gasteiger partial charge in [0.2, 0.25) is 5.95 Å². The molecular weight excluding hydrogens is 389 g/mol. The van der Waals surface area contributed by atoms with Gasteiger partial charge in [-0.3, -0.25) is 4.90 Å². The predicted octanol–water partition coefficient (Wildman–Crippen LogP) is 0.0167. The number of aromatic nitrogens is 2. The second kappa shape index (κ2) is 9.76. The molecule has 0 saturated carbocycles. The highest BCUT2D eigenvalue weighted by atomic mass is 19.1. The number of benzene rings is 1. The van der Waals surface area contributed by atoms with E-state index in [4.69, 9.17) is 4.74 Å². The Kier molecular flexibility index (Phi) is 6.86. The summed E-state index contributed by atoms with van der Waals surface area (Å²) in [5, 5.41) is 23.7. The molecule has 4 rings (SSSR count). The lowest BCUT2D eigenvalue weighted by Crippen LogP contribution is -2.57. The van der Waals surface area contributed by atoms with E-state index in [9.17, 15) is 14.6 Å². The molecule has 162 valence electrons. The first-order chi connectivity index (χ1) is 14.7. The lowest BCUT2D eigenvalue weighted by Gasteiger charge is -2.40. The van der Waals surface area contributed by atoms with Crippen LogP contribution < -0.4 is 10.2 Å². The number of nitrogens with zero attached hydrogens (tertiary/aromatic N) is 4. The first-order valence-electron chi connectivity index (χ1n) is 10.3. The first-order valence-corrected chi connectivity index (χ1v) is 10.3. The lowest BCUT2D eigenvalue weighted by atomic mass is 10.0. The van der Waals surface area contributed by atoms with Gasteiger partial charge >= 0.3 is 0 Å². The van der Waals surface area contributed by atoms with E-state index in [2.05, 4.69) is 25.1 Å². The zero-order valence-electron chi connectivity index (χ0n) is 16.8. The van der Waals surface area contributed by atoms with Gasteiger partial charge in [0.1, 0.15) is 18.0 Å². The summed E-state index contributed by atoms with van der Waals surface area (Å²) in [5.74, 6) is 0.456. The minimum absolute atomic E-state index is 0.207. The summed E-state index contributed by atoms with van der Waals surface area (Å²) in [4.78, 5) is 13.0. The van der Waals surface area contributed by atoms with Crippen molar-refractivity contribution in [1.82, 2.24) is 20.2 Å². The molecule has 0 bridgehead atoms. The summed E-state index contributed by atoms with van der Waals surface area (Å²) in [6.07, 6.45) is 1.86. The molecule has 3 heterocycles. The Morgan fingerprint density at radius 3 is 2.43 bits per heavy atom. The van der Waals surface area contributed by atoms with Crippen molar-refractivity contribution in [1.29, 1.82) is 0 Å². The Bertz CT molecular complexity index is 789. The lowest BCUT2D eigenvalue weighted by molar-refractivity contribution is -0.0213. The highest BCUT2D eigenvalue weighted by Gasteiger charge is 2.46. The van der Waals surface area contributed by atoms with Crippen molar-refractivity contribution in [2.45, 2.75) is 30.9 Å². The second-order valence-electron chi connectivity index (χ2n) is 7.71. The third-order valence-corrected chi connectivity index (χ3v) is 5.80. The van der Waals surface area contributed by atoms with Crippen LogP contribution in [-0.4, -0.2) is 88.8 Å². The largest absolute Gasteiger partial charge is 0.394 e. The summed E-state index contributed by atoms with van der Waals surface area (Å²) in [5.41, 5.74) is 0.974. The SMILES string of the molecule is OC[C@@H]1O[C@H](CNCc2ccc(F)cc2)[C@@H](N2CCN(c3ncccn3)CC2)[C@@H]1O. The van der Waals surface area contributed by atoms with E-state index in [0.29, 0.717) is 19.0 Å². The maximum Gasteiger partial charge on any atom is 0.225 e. The van der Waals surface area contributed by atoms with Crippen LogP contribution in [0.3, 0.4) is 0 Å². The maximum atomic E-state index is 13.1. The number of piperazine rings is 1. The standard InChI is InChI=1S/C21H28FN5O3/c22-16-4-2-15(3-5-16)12-23-13-17-19(20(29)18(14-28)30-17)26-8-10-27(11-9-26)21-24-6-1-7-25-21/h1-7,17-20,23,28-29H,8-14H2/t17-,18+,19-,20-/m1/s1. The Balaban J connectivity index is 1.35. The Hall–Kier alpha value is -2.17. The van der Waals surface area contributed by atoms with Gasteiger partial charge in [-0.1, -0.05) is 12.1 Å². The molecule has 1 aromatic carbocycles. The van der Waals surface area contributed by atoms with Crippen LogP contribution in [0.4, 0.5) is 10.3 Å². The first kappa shape index (κ1) is 21.1. The van der Waals surface area contributed by atoms with Crippen molar-refractivity contribution in [2.75, 3.05) is 44.2 Å². The fraction of sp³-hybridized carbons (Fsp3) is 0.524. The zero-order chi connectivity index (χ0) is 20.9. The number of nitrogens with one attached hydrogen (secondary N) is 1. The molecule has 9 heteroatoms. The number of halogens is 1. The fourth-order valence-corrected chi connectivity index (χ4v) is 4.23. The molecule has 0 amide bonds. The van der Waals surface area contributed by atoms with E-state index >= 15 is 0 Å². The molecule has 0 unspecified atom stereocenters. The van der Waals surface area contributed by atoms with Crippen LogP contribution in [0.5, 0.6) is 0 Å². The van der Waals surface area contributed by atoms with E-state index < -0.39 is 12.2 Å². The van der Waals surface area contributed by atoms with Crippen molar-refractivity contribution < 1.29 is 19.3 Å². The zero-order valence-corrected chi connectivity index (χ0v) is 16.8. The average molecular weight is 417 g/mol. The average Bonchev–Trinajstić information content (AvgIpc) is 3.11. The normalized spacial score (nSPS) is 27.5. The van der Waals surface area contributed by atoms with Crippen molar-refractivity contribution >= 4 is 5.95 Å². The molecule has 2 aromatic rings. The molecule has 4 atom stereocenters. The van der Waals surface area contributed by atoms with Crippen LogP contribution in [-0.2, 0) is 11.3 Å². The van der Waals surface area contributed by atoms with Crippen molar-refractivity contribution in [3.8, 4) is 0 Å². The van der Waals surface area contributed by atoms with Crippen LogP contribution >= 0.6 is 0 Å². The number of hydrogen-bond donors (Lipinski definition) is 3. The Labute approximate surface area is 175 Å². The highest BCUT2D eigenvalue weighted by Crippen LogP contribution is 2.27. The van der Waals surface area contributed by atoms with Gasteiger partial charge in [0.15, 0.2) is 0 Å². The minimum Gasteiger partial charge on any atom is -0.394 e. The molecule has 1 aromatic heterocycles. The minimum atomic E-state index is -0.757. The summed E-state index contributed by atoms with van der Waals surface area (Å²) in [6, 6.07) is 7.95. The van der Waals surface area contributed by atoms with E-state index in [1.807, 2.05) is 0 Å². The number of hydrogen-bond acceptors (Lipinski definition) is 8. The van der Waals surface area contributed by atoms with Crippen molar-refractivity contribution in [2.24, 2.45) is 0 Å². The van der Waals surface area contributed by atoms with E-state index in [1.54, 1.807) is 30.6 Å². The van der Waals surface area contributed by atoms with Gasteiger partial charge in [-0.15, -0.1) is 0 Å². The monoisotopic (exact) mass is 417 g/mol. The van der Waals surface area contributed by atoms with Crippen molar-refractivity contribution in [3.63, 3.8) is 0 Å². The van der Waals surface area contributed by atoms with Crippen LogP contribution in [0.2, 0.25) is 0 Å². The third-order valence-electron chi connectivity index (χ3n) is 5.80. The van der Waals surface area contributed by atoms with E-state index in [1.165, 1.54) is 12.1 Å². The van der Waals surface area contributed by atoms with Gasteiger partial charge in [-0.2, -0.15) is 0 Å². The van der Waals surface area contributed by atoms with Crippen LogP contribution in [0.15, 0.2) is 42.7 Å². The molecule has 0 spiro atoms. The van der Waals surface area contributed by atoms with Crippen molar-refractivity contribution in [3.05, 3.63) is 54.1 Å². The quantitative estimate of drug-likeness (QED) is 0.581. The number of aliphatic hydroxyl groups excluding tert-OH is 2. The topological polar surface area (TPSA) is 94.0 Å². The molecule has 30 heavy (non-hydrogen) atoms. The summed E-state index contributed by atoms with van der Waals surface area (Å²) >= 11 is 0. The van der Waals surface area contributed by atoms with Gasteiger partial charge in [0.05, 0.1) is 18.8 Å². The summed E-state index contributed by atoms with van der Waals surface area (Å²) in [6.45, 7) is 3.89. The van der Waals surface area contributed by atoms with Gasteiger partial charge in [-0.05, 0) is 23.8 Å². The van der Waals surface area contributed by atoms with Crippen LogP contribution in [0, 0.1) is 5.82 Å². The van der Waals surface area contributed by atoms with E-state index in [0.717, 1.165) is 31.7 Å². The van der Waals surface area contributed by atoms with Crippen LogP contribution in [0.25, 0.3) is 0 Å². The third kappa shape index (κ3) is 4.76. The fourth-order valence-electron chi connectivity index (χ4n) is 4.23. The van der Waals surface area contributed by atoms with Gasteiger partial charge < -0.3 is 25.2 Å². The number of aliphatic hydroxyl groups is 2. The highest BCUT2D eigenvalue weighted by molar-refractivity contribution is 5.29. The smallest absolute Gasteiger partial charge is 0.225 e. The molecule has 2 fully saturated rings. The van der Waals surface area contributed by atoms with E-state index in [-0.39, 0.29) is 24.6 Å². The second-order valence-corrected chi connectivity index (χ2v) is 7.71. The Morgan fingerprint density at radius 1 is 1.07 bits per heavy atom. The molecule has 2 aliphatic rings. The molecule has 0 aliphatic carbocycles. The summed E-state index contributed by atoms with van der Waals surface area (Å²) in [7, 11) is 0.